The van der Waals surface area contributed by atoms with Crippen LogP contribution >= 0.6 is 22.6 Å². The molecular weight excluding hydrogens is 427 g/mol. The molecule has 1 aliphatic carbocycles. The molecule has 5 heteroatoms. The number of aryl methyl sites for hydroxylation is 1. The number of halogens is 1. The first-order valence-corrected chi connectivity index (χ1v) is 9.47. The van der Waals surface area contributed by atoms with E-state index in [4.69, 9.17) is 9.84 Å². The smallest absolute Gasteiger partial charge is 0.240 e. The first kappa shape index (κ1) is 16.6. The summed E-state index contributed by atoms with van der Waals surface area (Å²) < 4.78 is 6.56. The highest BCUT2D eigenvalue weighted by atomic mass is 127. The highest BCUT2D eigenvalue weighted by molar-refractivity contribution is 14.1. The zero-order valence-corrected chi connectivity index (χ0v) is 16.4. The van der Waals surface area contributed by atoms with E-state index >= 15 is 0 Å². The van der Waals surface area contributed by atoms with Crippen LogP contribution in [0.5, 0.6) is 5.75 Å². The standard InChI is InChI=1S/C20H19IN2O2/c1-12(24)23-20(14-4-3-5-15(21)10-14)17-9-7-13-6-8-16(25-2)11-18(13)19(17)22-23/h3-6,8,10-11,17,20H,7,9H2,1-2H3. The summed E-state index contributed by atoms with van der Waals surface area (Å²) in [5, 5.41) is 6.42. The summed E-state index contributed by atoms with van der Waals surface area (Å²) in [6.07, 6.45) is 1.99. The lowest BCUT2D eigenvalue weighted by atomic mass is 9.77. The lowest BCUT2D eigenvalue weighted by molar-refractivity contribution is -0.131. The summed E-state index contributed by atoms with van der Waals surface area (Å²) in [4.78, 5) is 12.3. The summed E-state index contributed by atoms with van der Waals surface area (Å²) in [6, 6.07) is 14.5. The maximum absolute atomic E-state index is 12.3. The Morgan fingerprint density at radius 1 is 1.28 bits per heavy atom. The number of carbonyl (C=O) groups excluding carboxylic acids is 1. The van der Waals surface area contributed by atoms with Crippen molar-refractivity contribution in [1.29, 1.82) is 0 Å². The van der Waals surface area contributed by atoms with E-state index in [1.165, 1.54) is 9.13 Å². The highest BCUT2D eigenvalue weighted by Gasteiger charge is 2.43. The summed E-state index contributed by atoms with van der Waals surface area (Å²) in [5.74, 6) is 1.03. The number of hydrazone groups is 1. The number of nitrogens with zero attached hydrogens (tertiary/aromatic N) is 2. The first-order chi connectivity index (χ1) is 12.1. The zero-order chi connectivity index (χ0) is 17.6. The third-order valence-electron chi connectivity index (χ3n) is 5.04. The molecule has 2 aliphatic rings. The van der Waals surface area contributed by atoms with Crippen LogP contribution in [0.25, 0.3) is 0 Å². The van der Waals surface area contributed by atoms with Gasteiger partial charge in [-0.25, -0.2) is 5.01 Å². The summed E-state index contributed by atoms with van der Waals surface area (Å²) in [6.45, 7) is 1.59. The molecule has 25 heavy (non-hydrogen) atoms. The lowest BCUT2D eigenvalue weighted by Crippen LogP contribution is -2.31. The summed E-state index contributed by atoms with van der Waals surface area (Å²) in [5.41, 5.74) is 4.56. The Morgan fingerprint density at radius 3 is 2.84 bits per heavy atom. The topological polar surface area (TPSA) is 41.9 Å². The number of methoxy groups -OCH3 is 1. The maximum Gasteiger partial charge on any atom is 0.240 e. The van der Waals surface area contributed by atoms with Crippen LogP contribution in [0.4, 0.5) is 0 Å². The van der Waals surface area contributed by atoms with Gasteiger partial charge in [-0.1, -0.05) is 18.2 Å². The molecule has 2 aromatic rings. The van der Waals surface area contributed by atoms with Crippen LogP contribution in [0.3, 0.4) is 0 Å². The number of benzene rings is 2. The largest absolute Gasteiger partial charge is 0.497 e. The molecule has 128 valence electrons. The highest BCUT2D eigenvalue weighted by Crippen LogP contribution is 2.44. The third kappa shape index (κ3) is 2.84. The quantitative estimate of drug-likeness (QED) is 0.650. The SMILES string of the molecule is COc1ccc2c(c1)C1=NN(C(C)=O)C(c3cccc(I)c3)C1CC2. The number of hydrogen-bond acceptors (Lipinski definition) is 3. The van der Waals surface area contributed by atoms with Gasteiger partial charge in [-0.3, -0.25) is 4.79 Å². The molecule has 0 aromatic heterocycles. The minimum absolute atomic E-state index is 0.0183. The molecule has 2 atom stereocenters. The predicted octanol–water partition coefficient (Wildman–Crippen LogP) is 4.17. The minimum Gasteiger partial charge on any atom is -0.497 e. The lowest BCUT2D eigenvalue weighted by Gasteiger charge is -2.29. The van der Waals surface area contributed by atoms with Gasteiger partial charge < -0.3 is 4.74 Å². The van der Waals surface area contributed by atoms with Crippen molar-refractivity contribution in [3.63, 3.8) is 0 Å². The molecule has 0 spiro atoms. The van der Waals surface area contributed by atoms with Gasteiger partial charge in [-0.05, 0) is 70.8 Å². The fraction of sp³-hybridized carbons (Fsp3) is 0.300. The number of fused-ring (bicyclic) bond motifs is 3. The van der Waals surface area contributed by atoms with E-state index < -0.39 is 0 Å². The van der Waals surface area contributed by atoms with Crippen LogP contribution in [-0.2, 0) is 11.2 Å². The van der Waals surface area contributed by atoms with Crippen LogP contribution < -0.4 is 4.74 Å². The van der Waals surface area contributed by atoms with Crippen LogP contribution in [-0.4, -0.2) is 23.7 Å². The van der Waals surface area contributed by atoms with Gasteiger partial charge in [0, 0.05) is 22.0 Å². The normalized spacial score (nSPS) is 21.4. The molecule has 0 fully saturated rings. The average Bonchev–Trinajstić information content (AvgIpc) is 3.01. The van der Waals surface area contributed by atoms with Gasteiger partial charge in [0.15, 0.2) is 0 Å². The van der Waals surface area contributed by atoms with Gasteiger partial charge in [-0.2, -0.15) is 5.10 Å². The van der Waals surface area contributed by atoms with Gasteiger partial charge in [0.2, 0.25) is 5.91 Å². The van der Waals surface area contributed by atoms with Gasteiger partial charge in [0.1, 0.15) is 5.75 Å². The maximum atomic E-state index is 12.3. The Morgan fingerprint density at radius 2 is 2.12 bits per heavy atom. The van der Waals surface area contributed by atoms with Gasteiger partial charge >= 0.3 is 0 Å². The number of rotatable bonds is 2. The molecule has 0 saturated heterocycles. The fourth-order valence-corrected chi connectivity index (χ4v) is 4.47. The van der Waals surface area contributed by atoms with E-state index in [9.17, 15) is 4.79 Å². The van der Waals surface area contributed by atoms with Crippen LogP contribution in [0.2, 0.25) is 0 Å². The Bertz CT molecular complexity index is 878. The summed E-state index contributed by atoms with van der Waals surface area (Å²) in [7, 11) is 1.68. The molecule has 1 amide bonds. The molecular formula is C20H19IN2O2. The number of ether oxygens (including phenoxy) is 1. The fourth-order valence-electron chi connectivity index (χ4n) is 3.90. The number of amides is 1. The first-order valence-electron chi connectivity index (χ1n) is 8.39. The van der Waals surface area contributed by atoms with Crippen LogP contribution in [0.1, 0.15) is 36.1 Å². The van der Waals surface area contributed by atoms with Gasteiger partial charge in [0.05, 0.1) is 18.9 Å². The van der Waals surface area contributed by atoms with Crippen molar-refractivity contribution in [2.75, 3.05) is 7.11 Å². The van der Waals surface area contributed by atoms with E-state index in [1.54, 1.807) is 19.0 Å². The van der Waals surface area contributed by atoms with Gasteiger partial charge in [-0.15, -0.1) is 0 Å². The third-order valence-corrected chi connectivity index (χ3v) is 5.71. The van der Waals surface area contributed by atoms with Crippen molar-refractivity contribution in [2.24, 2.45) is 11.0 Å². The Balaban J connectivity index is 1.82. The second kappa shape index (κ2) is 6.44. The van der Waals surface area contributed by atoms with Crippen molar-refractivity contribution in [1.82, 2.24) is 5.01 Å². The zero-order valence-electron chi connectivity index (χ0n) is 14.2. The van der Waals surface area contributed by atoms with E-state index in [1.807, 2.05) is 12.1 Å². The molecule has 2 aromatic carbocycles. The van der Waals surface area contributed by atoms with E-state index in [2.05, 4.69) is 52.9 Å². The summed E-state index contributed by atoms with van der Waals surface area (Å²) >= 11 is 2.32. The average molecular weight is 446 g/mol. The van der Waals surface area contributed by atoms with E-state index in [-0.39, 0.29) is 17.9 Å². The monoisotopic (exact) mass is 446 g/mol. The molecule has 0 bridgehead atoms. The van der Waals surface area contributed by atoms with Crippen molar-refractivity contribution in [2.45, 2.75) is 25.8 Å². The minimum atomic E-state index is -0.0263. The van der Waals surface area contributed by atoms with Crippen molar-refractivity contribution in [3.8, 4) is 5.75 Å². The molecule has 4 nitrogen and oxygen atoms in total. The van der Waals surface area contributed by atoms with Crippen molar-refractivity contribution >= 4 is 34.2 Å². The second-order valence-corrected chi connectivity index (χ2v) is 7.76. The molecule has 0 radical (unpaired) electrons. The van der Waals surface area contributed by atoms with E-state index in [0.29, 0.717) is 0 Å². The Labute approximate surface area is 161 Å². The molecule has 1 aliphatic heterocycles. The number of carbonyl (C=O) groups is 1. The van der Waals surface area contributed by atoms with Crippen molar-refractivity contribution < 1.29 is 9.53 Å². The van der Waals surface area contributed by atoms with Crippen LogP contribution in [0, 0.1) is 9.49 Å². The Hall–Kier alpha value is -1.89. The van der Waals surface area contributed by atoms with Gasteiger partial charge in [0.25, 0.3) is 0 Å². The Kier molecular flexibility index (Phi) is 4.27. The molecule has 1 heterocycles. The molecule has 0 N–H and O–H groups in total. The molecule has 2 unspecified atom stereocenters. The van der Waals surface area contributed by atoms with Crippen LogP contribution in [0.15, 0.2) is 47.6 Å². The number of hydrogen-bond donors (Lipinski definition) is 0. The van der Waals surface area contributed by atoms with Crippen molar-refractivity contribution in [3.05, 3.63) is 62.7 Å². The molecule has 0 saturated carbocycles. The predicted molar refractivity (Wildman–Crippen MR) is 106 cm³/mol. The second-order valence-electron chi connectivity index (χ2n) is 6.52. The molecule has 4 rings (SSSR count). The van der Waals surface area contributed by atoms with E-state index in [0.717, 1.165) is 35.4 Å².